The molecule has 3 aromatic rings. The van der Waals surface area contributed by atoms with E-state index in [2.05, 4.69) is 57.2 Å². The van der Waals surface area contributed by atoms with Crippen molar-refractivity contribution in [3.63, 3.8) is 0 Å². The highest BCUT2D eigenvalue weighted by atomic mass is 127. The van der Waals surface area contributed by atoms with Crippen LogP contribution in [0.15, 0.2) is 59.6 Å². The molecule has 0 saturated carbocycles. The first-order valence-electron chi connectivity index (χ1n) is 10.2. The average molecular weight is 534 g/mol. The second-order valence-electron chi connectivity index (χ2n) is 7.07. The number of halogens is 1. The number of ether oxygens (including phenoxy) is 1. The van der Waals surface area contributed by atoms with E-state index in [9.17, 15) is 0 Å². The molecule has 0 aliphatic carbocycles. The highest BCUT2D eigenvalue weighted by Gasteiger charge is 2.05. The summed E-state index contributed by atoms with van der Waals surface area (Å²) in [5, 5.41) is 15.2. The molecular formula is C23H31IN6O. The number of rotatable bonds is 9. The smallest absolute Gasteiger partial charge is 0.191 e. The minimum absolute atomic E-state index is 0. The van der Waals surface area contributed by atoms with Crippen molar-refractivity contribution >= 4 is 29.9 Å². The Morgan fingerprint density at radius 3 is 2.10 bits per heavy atom. The van der Waals surface area contributed by atoms with Crippen LogP contribution in [-0.2, 0) is 26.4 Å². The number of benzene rings is 2. The molecule has 0 aliphatic heterocycles. The molecule has 0 radical (unpaired) electrons. The molecule has 166 valence electrons. The van der Waals surface area contributed by atoms with Crippen molar-refractivity contribution < 1.29 is 4.74 Å². The zero-order valence-corrected chi connectivity index (χ0v) is 20.7. The van der Waals surface area contributed by atoms with Gasteiger partial charge in [-0.1, -0.05) is 42.5 Å². The topological polar surface area (TPSA) is 76.4 Å². The number of methoxy groups -OCH3 is 1. The van der Waals surface area contributed by atoms with Crippen molar-refractivity contribution in [3.05, 3.63) is 77.4 Å². The molecule has 0 aliphatic rings. The number of hydrogen-bond donors (Lipinski definition) is 2. The van der Waals surface area contributed by atoms with Gasteiger partial charge < -0.3 is 19.9 Å². The summed E-state index contributed by atoms with van der Waals surface area (Å²) in [7, 11) is 3.64. The average Bonchev–Trinajstić information content (AvgIpc) is 3.10. The molecule has 2 aromatic carbocycles. The SMILES string of the molecule is COc1ccc(CCNC(=NCc2nnc(C)n2C)NCCc2ccccc2)cc1.I. The van der Waals surface area contributed by atoms with Gasteiger partial charge in [0.05, 0.1) is 7.11 Å². The van der Waals surface area contributed by atoms with Gasteiger partial charge in [0.1, 0.15) is 18.1 Å². The van der Waals surface area contributed by atoms with Crippen molar-refractivity contribution in [2.75, 3.05) is 20.2 Å². The van der Waals surface area contributed by atoms with Crippen LogP contribution in [0.3, 0.4) is 0 Å². The maximum atomic E-state index is 5.22. The third kappa shape index (κ3) is 7.86. The monoisotopic (exact) mass is 534 g/mol. The van der Waals surface area contributed by atoms with Gasteiger partial charge >= 0.3 is 0 Å². The van der Waals surface area contributed by atoms with Gasteiger partial charge in [0, 0.05) is 20.1 Å². The van der Waals surface area contributed by atoms with Crippen molar-refractivity contribution in [3.8, 4) is 5.75 Å². The van der Waals surface area contributed by atoms with E-state index in [0.29, 0.717) is 6.54 Å². The fourth-order valence-corrected chi connectivity index (χ4v) is 3.00. The molecule has 2 N–H and O–H groups in total. The first-order valence-corrected chi connectivity index (χ1v) is 10.2. The van der Waals surface area contributed by atoms with Gasteiger partial charge in [-0.25, -0.2) is 4.99 Å². The Hall–Kier alpha value is -2.62. The zero-order chi connectivity index (χ0) is 21.2. The largest absolute Gasteiger partial charge is 0.497 e. The van der Waals surface area contributed by atoms with E-state index >= 15 is 0 Å². The number of nitrogens with zero attached hydrogens (tertiary/aromatic N) is 4. The molecule has 0 unspecified atom stereocenters. The Morgan fingerprint density at radius 1 is 0.935 bits per heavy atom. The maximum absolute atomic E-state index is 5.22. The molecule has 1 heterocycles. The van der Waals surface area contributed by atoms with Gasteiger partial charge in [0.15, 0.2) is 11.8 Å². The van der Waals surface area contributed by atoms with Gasteiger partial charge in [-0.15, -0.1) is 34.2 Å². The molecular weight excluding hydrogens is 503 g/mol. The molecule has 0 saturated heterocycles. The molecule has 8 heteroatoms. The van der Waals surface area contributed by atoms with E-state index in [0.717, 1.165) is 49.3 Å². The quantitative estimate of drug-likeness (QED) is 0.251. The summed E-state index contributed by atoms with van der Waals surface area (Å²) in [6.07, 6.45) is 1.83. The second kappa shape index (κ2) is 12.9. The predicted octanol–water partition coefficient (Wildman–Crippen LogP) is 3.27. The van der Waals surface area contributed by atoms with Crippen molar-refractivity contribution in [1.29, 1.82) is 0 Å². The lowest BCUT2D eigenvalue weighted by atomic mass is 10.1. The predicted molar refractivity (Wildman–Crippen MR) is 135 cm³/mol. The van der Waals surface area contributed by atoms with E-state index in [-0.39, 0.29) is 24.0 Å². The minimum atomic E-state index is 0. The minimum Gasteiger partial charge on any atom is -0.497 e. The third-order valence-corrected chi connectivity index (χ3v) is 4.98. The second-order valence-corrected chi connectivity index (χ2v) is 7.07. The van der Waals surface area contributed by atoms with Crippen LogP contribution in [-0.4, -0.2) is 40.9 Å². The highest BCUT2D eigenvalue weighted by molar-refractivity contribution is 14.0. The van der Waals surface area contributed by atoms with Crippen LogP contribution in [0.5, 0.6) is 5.75 Å². The fourth-order valence-electron chi connectivity index (χ4n) is 3.00. The third-order valence-electron chi connectivity index (χ3n) is 4.98. The maximum Gasteiger partial charge on any atom is 0.191 e. The summed E-state index contributed by atoms with van der Waals surface area (Å²) in [6, 6.07) is 18.6. The molecule has 31 heavy (non-hydrogen) atoms. The Bertz CT molecular complexity index is 940. The summed E-state index contributed by atoms with van der Waals surface area (Å²) in [4.78, 5) is 4.71. The molecule has 1 aromatic heterocycles. The normalized spacial score (nSPS) is 11.0. The number of aliphatic imine (C=N–C) groups is 1. The van der Waals surface area contributed by atoms with Crippen LogP contribution in [0.25, 0.3) is 0 Å². The van der Waals surface area contributed by atoms with Gasteiger partial charge in [0.2, 0.25) is 0 Å². The molecule has 0 bridgehead atoms. The number of nitrogens with one attached hydrogen (secondary N) is 2. The lowest BCUT2D eigenvalue weighted by molar-refractivity contribution is 0.414. The summed E-state index contributed by atoms with van der Waals surface area (Å²) < 4.78 is 7.18. The Morgan fingerprint density at radius 2 is 1.55 bits per heavy atom. The molecule has 0 spiro atoms. The van der Waals surface area contributed by atoms with Crippen LogP contribution in [0.4, 0.5) is 0 Å². The summed E-state index contributed by atoms with van der Waals surface area (Å²) in [5.74, 6) is 3.37. The van der Waals surface area contributed by atoms with Crippen molar-refractivity contribution in [1.82, 2.24) is 25.4 Å². The molecule has 3 rings (SSSR count). The van der Waals surface area contributed by atoms with E-state index in [1.165, 1.54) is 11.1 Å². The van der Waals surface area contributed by atoms with Gasteiger partial charge in [0.25, 0.3) is 0 Å². The van der Waals surface area contributed by atoms with E-state index in [1.54, 1.807) is 7.11 Å². The van der Waals surface area contributed by atoms with Crippen LogP contribution in [0.2, 0.25) is 0 Å². The van der Waals surface area contributed by atoms with Crippen LogP contribution < -0.4 is 15.4 Å². The van der Waals surface area contributed by atoms with Crippen LogP contribution in [0, 0.1) is 6.92 Å². The number of guanidine groups is 1. The van der Waals surface area contributed by atoms with Crippen molar-refractivity contribution in [2.45, 2.75) is 26.3 Å². The summed E-state index contributed by atoms with van der Waals surface area (Å²) in [6.45, 7) is 3.99. The van der Waals surface area contributed by atoms with Gasteiger partial charge in [-0.05, 0) is 43.0 Å². The Balaban J connectivity index is 0.00000341. The summed E-state index contributed by atoms with van der Waals surface area (Å²) >= 11 is 0. The number of aryl methyl sites for hydroxylation is 1. The molecule has 0 fully saturated rings. The van der Waals surface area contributed by atoms with E-state index < -0.39 is 0 Å². The van der Waals surface area contributed by atoms with E-state index in [1.807, 2.05) is 36.7 Å². The van der Waals surface area contributed by atoms with E-state index in [4.69, 9.17) is 9.73 Å². The molecule has 0 amide bonds. The van der Waals surface area contributed by atoms with Gasteiger partial charge in [-0.2, -0.15) is 0 Å². The van der Waals surface area contributed by atoms with Crippen LogP contribution >= 0.6 is 24.0 Å². The highest BCUT2D eigenvalue weighted by Crippen LogP contribution is 2.11. The lowest BCUT2D eigenvalue weighted by Gasteiger charge is -2.13. The number of aromatic nitrogens is 3. The Kier molecular flexibility index (Phi) is 10.3. The van der Waals surface area contributed by atoms with Gasteiger partial charge in [-0.3, -0.25) is 0 Å². The summed E-state index contributed by atoms with van der Waals surface area (Å²) in [5.41, 5.74) is 2.54. The standard InChI is InChI=1S/C23H30N6O.HI/c1-18-27-28-22(29(18)2)17-26-23(24-15-13-19-7-5-4-6-8-19)25-16-14-20-9-11-21(30-3)12-10-20;/h4-12H,13-17H2,1-3H3,(H2,24,25,26);1H. The fraction of sp³-hybridized carbons (Fsp3) is 0.348. The van der Waals surface area contributed by atoms with Crippen molar-refractivity contribution in [2.24, 2.45) is 12.0 Å². The first kappa shape index (κ1) is 24.6. The van der Waals surface area contributed by atoms with Crippen LogP contribution in [0.1, 0.15) is 22.8 Å². The molecule has 0 atom stereocenters. The first-order chi connectivity index (χ1) is 14.7. The Labute approximate surface area is 201 Å². The zero-order valence-electron chi connectivity index (χ0n) is 18.3. The number of hydrogen-bond acceptors (Lipinski definition) is 4. The lowest BCUT2D eigenvalue weighted by Crippen LogP contribution is -2.39. The molecule has 7 nitrogen and oxygen atoms in total.